The number of hydrogen-bond donors (Lipinski definition) is 0. The fraction of sp³-hybridized carbons (Fsp3) is 0.391. The van der Waals surface area contributed by atoms with Gasteiger partial charge >= 0.3 is 17.9 Å². The number of carbonyl (C=O) groups excluding carboxylic acids is 3. The van der Waals surface area contributed by atoms with E-state index in [1.807, 2.05) is 20.8 Å². The van der Waals surface area contributed by atoms with E-state index in [2.05, 4.69) is 4.98 Å². The van der Waals surface area contributed by atoms with Crippen molar-refractivity contribution in [3.63, 3.8) is 0 Å². The van der Waals surface area contributed by atoms with Crippen LogP contribution in [0, 0.1) is 0 Å². The summed E-state index contributed by atoms with van der Waals surface area (Å²) >= 11 is 0. The molecule has 0 aliphatic rings. The minimum absolute atomic E-state index is 0.213. The van der Waals surface area contributed by atoms with Crippen LogP contribution in [-0.4, -0.2) is 42.7 Å². The number of ether oxygens (including phenoxy) is 3. The maximum Gasteiger partial charge on any atom is 0.338 e. The number of benzene rings is 1. The summed E-state index contributed by atoms with van der Waals surface area (Å²) in [5.41, 5.74) is 1.68. The Morgan fingerprint density at radius 1 is 0.700 bits per heavy atom. The van der Waals surface area contributed by atoms with Crippen molar-refractivity contribution in [1.29, 1.82) is 0 Å². The van der Waals surface area contributed by atoms with Gasteiger partial charge in [-0.25, -0.2) is 14.4 Å². The molecule has 0 amide bonds. The third kappa shape index (κ3) is 6.40. The zero-order valence-corrected chi connectivity index (χ0v) is 17.6. The van der Waals surface area contributed by atoms with E-state index in [0.717, 1.165) is 6.42 Å². The van der Waals surface area contributed by atoms with E-state index < -0.39 is 17.9 Å². The Morgan fingerprint density at radius 3 is 1.63 bits per heavy atom. The largest absolute Gasteiger partial charge is 0.462 e. The van der Waals surface area contributed by atoms with E-state index in [1.165, 1.54) is 12.3 Å². The molecule has 7 heteroatoms. The maximum atomic E-state index is 12.4. The molecule has 0 unspecified atom stereocenters. The van der Waals surface area contributed by atoms with Crippen molar-refractivity contribution in [1.82, 2.24) is 4.98 Å². The molecule has 0 aliphatic carbocycles. The summed E-state index contributed by atoms with van der Waals surface area (Å²) in [6.45, 7) is 6.57. The third-order valence-electron chi connectivity index (χ3n) is 4.01. The van der Waals surface area contributed by atoms with E-state index in [1.54, 1.807) is 24.3 Å². The average Bonchev–Trinajstić information content (AvgIpc) is 2.79. The molecule has 0 aliphatic heterocycles. The molecule has 0 bridgehead atoms. The van der Waals surface area contributed by atoms with Crippen molar-refractivity contribution < 1.29 is 28.6 Å². The van der Waals surface area contributed by atoms with Crippen molar-refractivity contribution >= 4 is 17.9 Å². The standard InChI is InChI=1S/C23H27NO6/c1-4-9-28-21(25)16-7-8-24-20(15-16)17-12-18(22(26)29-10-5-2)14-19(13-17)23(27)30-11-6-3/h7-8,12-15H,4-6,9-11H2,1-3H3. The Bertz CT molecular complexity index is 855. The minimum atomic E-state index is -0.540. The molecule has 0 saturated carbocycles. The zero-order valence-electron chi connectivity index (χ0n) is 17.6. The second-order valence-electron chi connectivity index (χ2n) is 6.64. The monoisotopic (exact) mass is 413 g/mol. The highest BCUT2D eigenvalue weighted by atomic mass is 16.5. The number of aromatic nitrogens is 1. The molecule has 7 nitrogen and oxygen atoms in total. The van der Waals surface area contributed by atoms with Crippen LogP contribution in [0.15, 0.2) is 36.5 Å². The second-order valence-corrected chi connectivity index (χ2v) is 6.64. The maximum absolute atomic E-state index is 12.4. The Hall–Kier alpha value is -3.22. The first-order chi connectivity index (χ1) is 14.5. The first-order valence-corrected chi connectivity index (χ1v) is 10.1. The van der Waals surface area contributed by atoms with Gasteiger partial charge in [0.05, 0.1) is 42.2 Å². The molecular formula is C23H27NO6. The van der Waals surface area contributed by atoms with Crippen molar-refractivity contribution in [3.8, 4) is 11.3 Å². The lowest BCUT2D eigenvalue weighted by atomic mass is 10.0. The van der Waals surface area contributed by atoms with Crippen LogP contribution >= 0.6 is 0 Å². The van der Waals surface area contributed by atoms with Gasteiger partial charge in [0.2, 0.25) is 0 Å². The third-order valence-corrected chi connectivity index (χ3v) is 4.01. The smallest absolute Gasteiger partial charge is 0.338 e. The lowest BCUT2D eigenvalue weighted by Crippen LogP contribution is -2.11. The Morgan fingerprint density at radius 2 is 1.17 bits per heavy atom. The summed E-state index contributed by atoms with van der Waals surface area (Å²) in [6.07, 6.45) is 3.56. The van der Waals surface area contributed by atoms with Crippen LogP contribution in [0.1, 0.15) is 71.1 Å². The summed E-state index contributed by atoms with van der Waals surface area (Å²) in [5, 5.41) is 0. The van der Waals surface area contributed by atoms with Gasteiger partial charge in [-0.3, -0.25) is 4.98 Å². The predicted molar refractivity (Wildman–Crippen MR) is 111 cm³/mol. The lowest BCUT2D eigenvalue weighted by Gasteiger charge is -2.10. The molecule has 2 aromatic rings. The highest BCUT2D eigenvalue weighted by molar-refractivity contribution is 5.98. The minimum Gasteiger partial charge on any atom is -0.462 e. The van der Waals surface area contributed by atoms with E-state index in [-0.39, 0.29) is 24.3 Å². The number of esters is 3. The molecule has 30 heavy (non-hydrogen) atoms. The molecule has 0 atom stereocenters. The lowest BCUT2D eigenvalue weighted by molar-refractivity contribution is 0.0491. The van der Waals surface area contributed by atoms with E-state index in [0.29, 0.717) is 36.3 Å². The van der Waals surface area contributed by atoms with E-state index in [4.69, 9.17) is 14.2 Å². The van der Waals surface area contributed by atoms with Crippen LogP contribution in [0.4, 0.5) is 0 Å². The number of pyridine rings is 1. The van der Waals surface area contributed by atoms with Gasteiger partial charge in [0.25, 0.3) is 0 Å². The van der Waals surface area contributed by atoms with Crippen molar-refractivity contribution in [2.75, 3.05) is 19.8 Å². The topological polar surface area (TPSA) is 91.8 Å². The second kappa shape index (κ2) is 11.7. The van der Waals surface area contributed by atoms with E-state index >= 15 is 0 Å². The van der Waals surface area contributed by atoms with E-state index in [9.17, 15) is 14.4 Å². The van der Waals surface area contributed by atoms with Gasteiger partial charge in [0, 0.05) is 11.8 Å². The molecule has 1 aromatic heterocycles. The zero-order chi connectivity index (χ0) is 21.9. The van der Waals surface area contributed by atoms with Crippen LogP contribution in [0.3, 0.4) is 0 Å². The van der Waals surface area contributed by atoms with Gasteiger partial charge in [-0.2, -0.15) is 0 Å². The van der Waals surface area contributed by atoms with Crippen molar-refractivity contribution in [2.45, 2.75) is 40.0 Å². The fourth-order valence-corrected chi connectivity index (χ4v) is 2.56. The molecule has 0 N–H and O–H groups in total. The van der Waals surface area contributed by atoms with Crippen molar-refractivity contribution in [3.05, 3.63) is 53.2 Å². The van der Waals surface area contributed by atoms with Gasteiger partial charge in [-0.1, -0.05) is 20.8 Å². The average molecular weight is 413 g/mol. The number of nitrogens with zero attached hydrogens (tertiary/aromatic N) is 1. The van der Waals surface area contributed by atoms with Crippen LogP contribution in [0.2, 0.25) is 0 Å². The summed E-state index contributed by atoms with van der Waals surface area (Å²) in [4.78, 5) is 41.3. The highest BCUT2D eigenvalue weighted by Gasteiger charge is 2.17. The quantitative estimate of drug-likeness (QED) is 0.420. The summed E-state index contributed by atoms with van der Waals surface area (Å²) in [5.74, 6) is -1.54. The Balaban J connectivity index is 2.43. The first-order valence-electron chi connectivity index (χ1n) is 10.1. The fourth-order valence-electron chi connectivity index (χ4n) is 2.56. The van der Waals surface area contributed by atoms with Gasteiger partial charge in [0.1, 0.15) is 0 Å². The first kappa shape index (κ1) is 23.1. The van der Waals surface area contributed by atoms with Crippen LogP contribution in [0.25, 0.3) is 11.3 Å². The number of rotatable bonds is 10. The molecular weight excluding hydrogens is 386 g/mol. The Labute approximate surface area is 176 Å². The molecule has 160 valence electrons. The molecule has 1 heterocycles. The Kier molecular flexibility index (Phi) is 9.00. The van der Waals surface area contributed by atoms with Gasteiger partial charge in [-0.15, -0.1) is 0 Å². The molecule has 0 fully saturated rings. The van der Waals surface area contributed by atoms with Gasteiger partial charge in [-0.05, 0) is 49.6 Å². The van der Waals surface area contributed by atoms with Crippen molar-refractivity contribution in [2.24, 2.45) is 0 Å². The summed E-state index contributed by atoms with van der Waals surface area (Å²) < 4.78 is 15.6. The van der Waals surface area contributed by atoms with Gasteiger partial charge < -0.3 is 14.2 Å². The van der Waals surface area contributed by atoms with Gasteiger partial charge in [0.15, 0.2) is 0 Å². The normalized spacial score (nSPS) is 10.4. The molecule has 2 rings (SSSR count). The predicted octanol–water partition coefficient (Wildman–Crippen LogP) is 4.45. The molecule has 1 aromatic carbocycles. The number of hydrogen-bond acceptors (Lipinski definition) is 7. The van der Waals surface area contributed by atoms with Crippen LogP contribution in [-0.2, 0) is 14.2 Å². The molecule has 0 spiro atoms. The summed E-state index contributed by atoms with van der Waals surface area (Å²) in [6, 6.07) is 7.72. The SMILES string of the molecule is CCCOC(=O)c1cc(C(=O)OCCC)cc(-c2cc(C(=O)OCCC)ccn2)c1. The number of carbonyl (C=O) groups is 3. The molecule has 0 radical (unpaired) electrons. The van der Waals surface area contributed by atoms with Crippen LogP contribution < -0.4 is 0 Å². The van der Waals surface area contributed by atoms with Crippen LogP contribution in [0.5, 0.6) is 0 Å². The highest BCUT2D eigenvalue weighted by Crippen LogP contribution is 2.23. The summed E-state index contributed by atoms with van der Waals surface area (Å²) in [7, 11) is 0. The molecule has 0 saturated heterocycles.